The number of anilines is 1. The van der Waals surface area contributed by atoms with Gasteiger partial charge in [-0.3, -0.25) is 14.5 Å². The molecule has 0 spiro atoms. The van der Waals surface area contributed by atoms with Crippen LogP contribution >= 0.6 is 23.2 Å². The van der Waals surface area contributed by atoms with Crippen molar-refractivity contribution in [3.05, 3.63) is 64.5 Å². The van der Waals surface area contributed by atoms with Crippen molar-refractivity contribution in [3.8, 4) is 0 Å². The van der Waals surface area contributed by atoms with Gasteiger partial charge in [0, 0.05) is 62.5 Å². The lowest BCUT2D eigenvalue weighted by Gasteiger charge is -2.34. The van der Waals surface area contributed by atoms with Crippen molar-refractivity contribution >= 4 is 41.7 Å². The molecule has 2 heterocycles. The number of halogens is 3. The van der Waals surface area contributed by atoms with Crippen LogP contribution < -0.4 is 16.0 Å². The zero-order valence-corrected chi connectivity index (χ0v) is 29.6. The first kappa shape index (κ1) is 42.7. The second-order valence-electron chi connectivity index (χ2n) is 12.5. The normalized spacial score (nSPS) is 18.8. The highest BCUT2D eigenvalue weighted by Gasteiger charge is 2.27. The molecule has 2 aliphatic heterocycles. The summed E-state index contributed by atoms with van der Waals surface area (Å²) in [6.07, 6.45) is 9.50. The summed E-state index contributed by atoms with van der Waals surface area (Å²) in [6, 6.07) is 2.88. The predicted octanol–water partition coefficient (Wildman–Crippen LogP) is 6.03. The number of amides is 2. The first-order chi connectivity index (χ1) is 21.3. The van der Waals surface area contributed by atoms with E-state index in [-0.39, 0.29) is 17.5 Å². The first-order valence-corrected chi connectivity index (χ1v) is 16.3. The van der Waals surface area contributed by atoms with Gasteiger partial charge in [0.1, 0.15) is 5.82 Å². The highest BCUT2D eigenvalue weighted by molar-refractivity contribution is 6.31. The van der Waals surface area contributed by atoms with Gasteiger partial charge in [0.25, 0.3) is 0 Å². The summed E-state index contributed by atoms with van der Waals surface area (Å²) < 4.78 is 13.5. The van der Waals surface area contributed by atoms with Crippen molar-refractivity contribution < 1.29 is 19.1 Å². The average Bonchev–Trinajstić information content (AvgIpc) is 3.42. The van der Waals surface area contributed by atoms with Crippen LogP contribution in [0.1, 0.15) is 59.4 Å². The number of carbonyl (C=O) groups is 2. The number of hydrogen-bond acceptors (Lipinski definition) is 6. The molecule has 3 rings (SSSR count). The number of allylic oxidation sites excluding steroid dienone is 5. The van der Waals surface area contributed by atoms with Gasteiger partial charge in [-0.2, -0.15) is 0 Å². The Kier molecular flexibility index (Phi) is 23.6. The van der Waals surface area contributed by atoms with Crippen LogP contribution in [0.2, 0.25) is 5.02 Å². The number of carbonyl (C=O) groups excluding carboxylic acids is 2. The van der Waals surface area contributed by atoms with E-state index in [4.69, 9.17) is 28.3 Å². The van der Waals surface area contributed by atoms with Crippen molar-refractivity contribution in [2.75, 3.05) is 70.8 Å². The molecular weight excluding hydrogens is 616 g/mol. The van der Waals surface area contributed by atoms with Gasteiger partial charge in [-0.05, 0) is 61.5 Å². The third kappa shape index (κ3) is 21.2. The van der Waals surface area contributed by atoms with Crippen LogP contribution in [0.4, 0.5) is 10.1 Å². The highest BCUT2D eigenvalue weighted by Crippen LogP contribution is 2.35. The van der Waals surface area contributed by atoms with E-state index < -0.39 is 5.82 Å². The van der Waals surface area contributed by atoms with Crippen molar-refractivity contribution in [3.63, 3.8) is 0 Å². The van der Waals surface area contributed by atoms with Gasteiger partial charge in [0.2, 0.25) is 12.8 Å². The molecule has 45 heavy (non-hydrogen) atoms. The number of aliphatic hydroxyl groups is 1. The maximum atomic E-state index is 13.5. The summed E-state index contributed by atoms with van der Waals surface area (Å²) in [7, 11) is 0. The Morgan fingerprint density at radius 2 is 1.71 bits per heavy atom. The SMILES string of the molecule is C=C/C(Cl)=C\C=C/C.CC(C)(C)C.CC1CNC[C@H]1c1cc(F)c(Cl)cc1NC=O.O=CNCCCN1CCN(CCO)CC1. The van der Waals surface area contributed by atoms with Gasteiger partial charge in [-0.1, -0.05) is 82.6 Å². The summed E-state index contributed by atoms with van der Waals surface area (Å²) in [5, 5.41) is 18.0. The van der Waals surface area contributed by atoms with Crippen LogP contribution in [-0.2, 0) is 9.59 Å². The molecule has 0 aliphatic carbocycles. The first-order valence-electron chi connectivity index (χ1n) is 15.5. The molecule has 0 saturated carbocycles. The van der Waals surface area contributed by atoms with E-state index in [1.54, 1.807) is 12.2 Å². The zero-order chi connectivity index (χ0) is 34.3. The number of hydrogen-bond donors (Lipinski definition) is 4. The quantitative estimate of drug-likeness (QED) is 0.123. The number of β-amino-alcohol motifs (C(OH)–C–C–N with tert-alkyl or cyclic N) is 1. The molecule has 0 aromatic heterocycles. The minimum Gasteiger partial charge on any atom is -0.395 e. The average molecular weight is 673 g/mol. The molecule has 4 N–H and O–H groups in total. The fourth-order valence-corrected chi connectivity index (χ4v) is 4.62. The number of piperazine rings is 1. The topological polar surface area (TPSA) is 96.9 Å². The standard InChI is InChI=1S/C12H14ClFN2O.C10H21N3O2.C7H9Cl.C5H12/c1-7-4-15-5-9(7)8-2-11(14)10(13)3-12(8)16-6-17;14-9-8-13-6-4-12(5-7-13)3-1-2-11-10-15;1-3-5-6-7(8)4-2;1-5(2,3)4/h2-3,6-7,9,15H,4-5H2,1H3,(H,16,17);10,14H,1-9H2,(H,11,15);3-6H,2H2,1H3;1-4H3/b;;5-3-,7-6+;/t7?,9-;;;/m1.../s1. The molecule has 2 fully saturated rings. The number of aliphatic hydroxyl groups excluding tert-OH is 1. The largest absolute Gasteiger partial charge is 0.395 e. The lowest BCUT2D eigenvalue weighted by molar-refractivity contribution is -0.109. The molecule has 1 unspecified atom stereocenters. The molecule has 1 aromatic carbocycles. The molecule has 11 heteroatoms. The monoisotopic (exact) mass is 671 g/mol. The lowest BCUT2D eigenvalue weighted by atomic mass is 9.89. The fraction of sp³-hybridized carbons (Fsp3) is 0.588. The molecule has 1 aromatic rings. The fourth-order valence-electron chi connectivity index (χ4n) is 4.38. The van der Waals surface area contributed by atoms with Crippen molar-refractivity contribution in [1.82, 2.24) is 20.4 Å². The van der Waals surface area contributed by atoms with E-state index in [0.717, 1.165) is 77.3 Å². The van der Waals surface area contributed by atoms with Gasteiger partial charge in [-0.25, -0.2) is 4.39 Å². The van der Waals surface area contributed by atoms with Gasteiger partial charge in [0.05, 0.1) is 11.6 Å². The van der Waals surface area contributed by atoms with E-state index in [1.165, 1.54) is 12.1 Å². The Morgan fingerprint density at radius 3 is 2.18 bits per heavy atom. The molecule has 0 radical (unpaired) electrons. The van der Waals surface area contributed by atoms with Crippen LogP contribution in [0, 0.1) is 17.2 Å². The van der Waals surface area contributed by atoms with Crippen LogP contribution in [0.15, 0.2) is 48.0 Å². The van der Waals surface area contributed by atoms with Gasteiger partial charge in [-0.15, -0.1) is 0 Å². The van der Waals surface area contributed by atoms with Crippen LogP contribution in [-0.4, -0.2) is 93.2 Å². The summed E-state index contributed by atoms with van der Waals surface area (Å²) >= 11 is 11.3. The van der Waals surface area contributed by atoms with E-state index in [0.29, 0.717) is 28.5 Å². The van der Waals surface area contributed by atoms with Gasteiger partial charge >= 0.3 is 0 Å². The summed E-state index contributed by atoms with van der Waals surface area (Å²) in [5.41, 5.74) is 1.89. The molecule has 2 atom stereocenters. The Hall–Kier alpha value is -2.27. The van der Waals surface area contributed by atoms with E-state index in [1.807, 2.05) is 19.1 Å². The summed E-state index contributed by atoms with van der Waals surface area (Å²) in [5.74, 6) is 0.157. The smallest absolute Gasteiger partial charge is 0.211 e. The molecule has 2 aliphatic rings. The number of nitrogens with zero attached hydrogens (tertiary/aromatic N) is 2. The number of rotatable bonds is 12. The Balaban J connectivity index is 0.000000630. The minimum absolute atomic E-state index is 0.0247. The second-order valence-corrected chi connectivity index (χ2v) is 13.3. The van der Waals surface area contributed by atoms with Crippen LogP contribution in [0.3, 0.4) is 0 Å². The van der Waals surface area contributed by atoms with Gasteiger partial charge in [0.15, 0.2) is 0 Å². The summed E-state index contributed by atoms with van der Waals surface area (Å²) in [6.45, 7) is 25.0. The van der Waals surface area contributed by atoms with Crippen molar-refractivity contribution in [2.24, 2.45) is 11.3 Å². The molecule has 2 amide bonds. The van der Waals surface area contributed by atoms with Crippen LogP contribution in [0.25, 0.3) is 0 Å². The van der Waals surface area contributed by atoms with Crippen molar-refractivity contribution in [2.45, 2.75) is 53.9 Å². The maximum absolute atomic E-state index is 13.5. The molecule has 8 nitrogen and oxygen atoms in total. The predicted molar refractivity (Wildman–Crippen MR) is 189 cm³/mol. The maximum Gasteiger partial charge on any atom is 0.211 e. The van der Waals surface area contributed by atoms with Gasteiger partial charge < -0.3 is 26.0 Å². The minimum atomic E-state index is -0.447. The Morgan fingerprint density at radius 1 is 1.11 bits per heavy atom. The third-order valence-electron chi connectivity index (χ3n) is 6.63. The number of benzene rings is 1. The Bertz CT molecular complexity index is 1040. The highest BCUT2D eigenvalue weighted by atomic mass is 35.5. The van der Waals surface area contributed by atoms with E-state index in [9.17, 15) is 14.0 Å². The molecule has 256 valence electrons. The zero-order valence-electron chi connectivity index (χ0n) is 28.1. The molecule has 2 saturated heterocycles. The third-order valence-corrected chi connectivity index (χ3v) is 7.20. The lowest BCUT2D eigenvalue weighted by Crippen LogP contribution is -2.47. The summed E-state index contributed by atoms with van der Waals surface area (Å²) in [4.78, 5) is 25.3. The van der Waals surface area contributed by atoms with E-state index >= 15 is 0 Å². The molecule has 0 bridgehead atoms. The Labute approximate surface area is 281 Å². The number of nitrogens with one attached hydrogen (secondary N) is 3. The van der Waals surface area contributed by atoms with E-state index in [2.05, 4.69) is 66.9 Å². The van der Waals surface area contributed by atoms with Crippen LogP contribution in [0.5, 0.6) is 0 Å². The molecular formula is C34H56Cl2FN5O3. The second kappa shape index (κ2) is 24.9. The van der Waals surface area contributed by atoms with Crippen molar-refractivity contribution in [1.29, 1.82) is 0 Å².